The lowest BCUT2D eigenvalue weighted by atomic mass is 9.87. The molecule has 2 aromatic heterocycles. The van der Waals surface area contributed by atoms with E-state index in [1.165, 1.54) is 43.5 Å². The smallest absolute Gasteiger partial charge is 0.0541 e. The average Bonchev–Trinajstić information content (AvgIpc) is 3.33. The molecule has 5 rings (SSSR count). The lowest BCUT2D eigenvalue weighted by Gasteiger charge is -2.19. The lowest BCUT2D eigenvalue weighted by molar-refractivity contribution is 0.590. The van der Waals surface area contributed by atoms with Gasteiger partial charge in [-0.25, -0.2) is 0 Å². The average molecular weight is 382 g/mol. The third kappa shape index (κ3) is 2.76. The van der Waals surface area contributed by atoms with Crippen LogP contribution in [0.15, 0.2) is 84.2 Å². The van der Waals surface area contributed by atoms with E-state index >= 15 is 0 Å². The van der Waals surface area contributed by atoms with Gasteiger partial charge in [0.2, 0.25) is 0 Å². The van der Waals surface area contributed by atoms with Crippen LogP contribution in [0.2, 0.25) is 0 Å². The molecule has 0 bridgehead atoms. The number of nitrogens with zero attached hydrogens (tertiary/aromatic N) is 1. The lowest BCUT2D eigenvalue weighted by Crippen LogP contribution is -2.10. The minimum atomic E-state index is 0.162. The van der Waals surface area contributed by atoms with Gasteiger partial charge in [0.05, 0.1) is 11.0 Å². The first-order valence-corrected chi connectivity index (χ1v) is 10.6. The third-order valence-corrected chi connectivity index (χ3v) is 6.39. The molecule has 0 saturated carbocycles. The highest BCUT2D eigenvalue weighted by molar-refractivity contribution is 7.13. The summed E-state index contributed by atoms with van der Waals surface area (Å²) in [4.78, 5) is 1.31. The largest absolute Gasteiger partial charge is 0.309 e. The van der Waals surface area contributed by atoms with Crippen molar-refractivity contribution < 1.29 is 0 Å². The second-order valence-corrected chi connectivity index (χ2v) is 9.31. The van der Waals surface area contributed by atoms with E-state index in [0.717, 1.165) is 0 Å². The molecule has 0 N–H and O–H groups in total. The van der Waals surface area contributed by atoms with Crippen LogP contribution in [0.3, 0.4) is 0 Å². The van der Waals surface area contributed by atoms with Crippen molar-refractivity contribution in [3.8, 4) is 16.1 Å². The number of rotatable bonds is 2. The molecule has 138 valence electrons. The first kappa shape index (κ1) is 17.3. The molecule has 0 radical (unpaired) electrons. The monoisotopic (exact) mass is 381 g/mol. The minimum absolute atomic E-state index is 0.162. The Bertz CT molecular complexity index is 1270. The Morgan fingerprint density at radius 2 is 1.46 bits per heavy atom. The summed E-state index contributed by atoms with van der Waals surface area (Å²) in [6.45, 7) is 6.78. The molecular weight excluding hydrogens is 358 g/mol. The second-order valence-electron chi connectivity index (χ2n) is 8.36. The SMILES string of the molecule is CC(C)(C)c1ccc(-n2c3ccccc3c3cc(-c4cccs4)ccc32)cc1. The van der Waals surface area contributed by atoms with Crippen molar-refractivity contribution in [2.45, 2.75) is 26.2 Å². The Labute approximate surface area is 169 Å². The Morgan fingerprint density at radius 3 is 2.18 bits per heavy atom. The van der Waals surface area contributed by atoms with Gasteiger partial charge in [0.25, 0.3) is 0 Å². The molecule has 2 heterocycles. The minimum Gasteiger partial charge on any atom is -0.309 e. The molecule has 0 aliphatic rings. The summed E-state index contributed by atoms with van der Waals surface area (Å²) in [5.74, 6) is 0. The van der Waals surface area contributed by atoms with E-state index in [1.54, 1.807) is 11.3 Å². The molecule has 0 fully saturated rings. The van der Waals surface area contributed by atoms with Crippen LogP contribution in [-0.2, 0) is 5.41 Å². The molecule has 0 spiro atoms. The van der Waals surface area contributed by atoms with Gasteiger partial charge in [-0.05, 0) is 58.3 Å². The van der Waals surface area contributed by atoms with E-state index in [2.05, 4.69) is 110 Å². The highest BCUT2D eigenvalue weighted by Gasteiger charge is 2.16. The maximum Gasteiger partial charge on any atom is 0.0541 e. The molecule has 2 heteroatoms. The molecule has 28 heavy (non-hydrogen) atoms. The van der Waals surface area contributed by atoms with Crippen molar-refractivity contribution in [1.29, 1.82) is 0 Å². The van der Waals surface area contributed by atoms with E-state index in [-0.39, 0.29) is 5.41 Å². The highest BCUT2D eigenvalue weighted by Crippen LogP contribution is 2.36. The Balaban J connectivity index is 1.76. The second kappa shape index (κ2) is 6.35. The van der Waals surface area contributed by atoms with Crippen LogP contribution in [0, 0.1) is 0 Å². The number of hydrogen-bond donors (Lipinski definition) is 0. The van der Waals surface area contributed by atoms with Crippen LogP contribution in [0.5, 0.6) is 0 Å². The van der Waals surface area contributed by atoms with Gasteiger partial charge in [0.15, 0.2) is 0 Å². The fraction of sp³-hybridized carbons (Fsp3) is 0.154. The molecule has 0 aliphatic carbocycles. The van der Waals surface area contributed by atoms with Crippen LogP contribution in [0.1, 0.15) is 26.3 Å². The fourth-order valence-corrected chi connectivity index (χ4v) is 4.68. The zero-order valence-corrected chi connectivity index (χ0v) is 17.3. The van der Waals surface area contributed by atoms with Crippen molar-refractivity contribution in [3.05, 3.63) is 89.8 Å². The molecular formula is C26H23NS. The van der Waals surface area contributed by atoms with Gasteiger partial charge in [-0.2, -0.15) is 0 Å². The third-order valence-electron chi connectivity index (χ3n) is 5.47. The fourth-order valence-electron chi connectivity index (χ4n) is 3.96. The van der Waals surface area contributed by atoms with Crippen molar-refractivity contribution in [2.75, 3.05) is 0 Å². The normalized spacial score (nSPS) is 12.1. The van der Waals surface area contributed by atoms with Crippen molar-refractivity contribution in [2.24, 2.45) is 0 Å². The van der Waals surface area contributed by atoms with Crippen LogP contribution in [0.25, 0.3) is 37.9 Å². The summed E-state index contributed by atoms with van der Waals surface area (Å²) in [6.07, 6.45) is 0. The molecule has 3 aromatic carbocycles. The molecule has 0 atom stereocenters. The maximum absolute atomic E-state index is 2.38. The number of fused-ring (bicyclic) bond motifs is 3. The summed E-state index contributed by atoms with van der Waals surface area (Å²) in [7, 11) is 0. The highest BCUT2D eigenvalue weighted by atomic mass is 32.1. The van der Waals surface area contributed by atoms with Gasteiger partial charge in [-0.1, -0.05) is 63.2 Å². The number of hydrogen-bond acceptors (Lipinski definition) is 1. The number of thiophene rings is 1. The molecule has 0 saturated heterocycles. The Hall–Kier alpha value is -2.84. The first-order valence-electron chi connectivity index (χ1n) is 9.70. The predicted octanol–water partition coefficient (Wildman–Crippen LogP) is 7.81. The van der Waals surface area contributed by atoms with Crippen molar-refractivity contribution in [3.63, 3.8) is 0 Å². The zero-order chi connectivity index (χ0) is 19.3. The van der Waals surface area contributed by atoms with Crippen LogP contribution >= 0.6 is 11.3 Å². The molecule has 5 aromatic rings. The molecule has 1 nitrogen and oxygen atoms in total. The van der Waals surface area contributed by atoms with Crippen molar-refractivity contribution in [1.82, 2.24) is 4.57 Å². The topological polar surface area (TPSA) is 4.93 Å². The summed E-state index contributed by atoms with van der Waals surface area (Å²) in [5.41, 5.74) is 6.53. The number of benzene rings is 3. The Kier molecular flexibility index (Phi) is 3.92. The summed E-state index contributed by atoms with van der Waals surface area (Å²) < 4.78 is 2.38. The van der Waals surface area contributed by atoms with Gasteiger partial charge in [-0.3, -0.25) is 0 Å². The van der Waals surface area contributed by atoms with Crippen LogP contribution in [-0.4, -0.2) is 4.57 Å². The number of aromatic nitrogens is 1. The van der Waals surface area contributed by atoms with E-state index in [1.807, 2.05) is 0 Å². The molecule has 0 amide bonds. The summed E-state index contributed by atoms with van der Waals surface area (Å²) in [6, 6.07) is 28.9. The van der Waals surface area contributed by atoms with E-state index in [4.69, 9.17) is 0 Å². The summed E-state index contributed by atoms with van der Waals surface area (Å²) in [5, 5.41) is 4.75. The van der Waals surface area contributed by atoms with Crippen molar-refractivity contribution >= 4 is 33.1 Å². The quantitative estimate of drug-likeness (QED) is 0.294. The van der Waals surface area contributed by atoms with E-state index in [0.29, 0.717) is 0 Å². The molecule has 0 aliphatic heterocycles. The van der Waals surface area contributed by atoms with Crippen LogP contribution in [0.4, 0.5) is 0 Å². The maximum atomic E-state index is 2.38. The standard InChI is InChI=1S/C26H23NS/c1-26(2,3)19-11-13-20(14-12-19)27-23-8-5-4-7-21(23)22-17-18(10-15-24(22)27)25-9-6-16-28-25/h4-17H,1-3H3. The Morgan fingerprint density at radius 1 is 0.714 bits per heavy atom. The zero-order valence-electron chi connectivity index (χ0n) is 16.4. The van der Waals surface area contributed by atoms with Gasteiger partial charge in [0.1, 0.15) is 0 Å². The van der Waals surface area contributed by atoms with Gasteiger partial charge in [0, 0.05) is 21.3 Å². The van der Waals surface area contributed by atoms with Gasteiger partial charge in [-0.15, -0.1) is 11.3 Å². The first-order chi connectivity index (χ1) is 13.5. The molecule has 0 unspecified atom stereocenters. The number of para-hydroxylation sites is 1. The van der Waals surface area contributed by atoms with Gasteiger partial charge < -0.3 is 4.57 Å². The van der Waals surface area contributed by atoms with Gasteiger partial charge >= 0.3 is 0 Å². The summed E-state index contributed by atoms with van der Waals surface area (Å²) >= 11 is 1.79. The predicted molar refractivity (Wildman–Crippen MR) is 123 cm³/mol. The van der Waals surface area contributed by atoms with E-state index in [9.17, 15) is 0 Å². The van der Waals surface area contributed by atoms with Crippen LogP contribution < -0.4 is 0 Å². The van der Waals surface area contributed by atoms with E-state index < -0.39 is 0 Å².